The molecule has 0 spiro atoms. The molecular weight excluding hydrogens is 380 g/mol. The molecule has 2 aromatic rings. The highest BCUT2D eigenvalue weighted by Gasteiger charge is 2.39. The number of imide groups is 1. The van der Waals surface area contributed by atoms with Crippen LogP contribution in [0.4, 0.5) is 5.69 Å². The van der Waals surface area contributed by atoms with Gasteiger partial charge < -0.3 is 14.8 Å². The van der Waals surface area contributed by atoms with Crippen LogP contribution in [0.15, 0.2) is 48.2 Å². The van der Waals surface area contributed by atoms with E-state index in [1.807, 2.05) is 45.0 Å². The molecule has 30 heavy (non-hydrogen) atoms. The molecule has 0 saturated heterocycles. The van der Waals surface area contributed by atoms with E-state index in [1.165, 1.54) is 4.90 Å². The first-order valence-electron chi connectivity index (χ1n) is 10.1. The Balaban J connectivity index is 2.02. The van der Waals surface area contributed by atoms with Crippen molar-refractivity contribution < 1.29 is 19.1 Å². The van der Waals surface area contributed by atoms with Crippen LogP contribution in [0.25, 0.3) is 5.57 Å². The summed E-state index contributed by atoms with van der Waals surface area (Å²) in [6, 6.07) is 13.2. The normalized spacial score (nSPS) is 13.9. The third kappa shape index (κ3) is 4.54. The molecule has 0 saturated carbocycles. The predicted octanol–water partition coefficient (Wildman–Crippen LogP) is 3.93. The highest BCUT2D eigenvalue weighted by molar-refractivity contribution is 6.37. The minimum absolute atomic E-state index is 0.269. The first-order valence-corrected chi connectivity index (χ1v) is 10.1. The summed E-state index contributed by atoms with van der Waals surface area (Å²) in [7, 11) is 1.55. The Hall–Kier alpha value is -3.12. The van der Waals surface area contributed by atoms with Crippen molar-refractivity contribution in [3.8, 4) is 5.75 Å². The lowest BCUT2D eigenvalue weighted by Gasteiger charge is -2.15. The maximum atomic E-state index is 13.3. The Morgan fingerprint density at radius 2 is 1.70 bits per heavy atom. The summed E-state index contributed by atoms with van der Waals surface area (Å²) in [5.41, 5.74) is 4.10. The summed E-state index contributed by atoms with van der Waals surface area (Å²) in [6.45, 7) is 7.31. The second-order valence-electron chi connectivity index (χ2n) is 7.26. The first-order chi connectivity index (χ1) is 14.5. The Morgan fingerprint density at radius 1 is 1.00 bits per heavy atom. The van der Waals surface area contributed by atoms with Gasteiger partial charge in [0.15, 0.2) is 0 Å². The molecule has 2 aromatic carbocycles. The molecule has 1 aliphatic heterocycles. The standard InChI is InChI=1S/C24H28N2O4/c1-5-30-12-8-11-26-23(27)21(19-9-6-7-10-20(19)29-4)22(24(26)28)25-18-14-16(2)13-17(3)15-18/h6-7,9-10,13-15,25H,5,8,11-12H2,1-4H3. The molecule has 3 rings (SSSR count). The smallest absolute Gasteiger partial charge is 0.278 e. The van der Waals surface area contributed by atoms with Crippen molar-refractivity contribution >= 4 is 23.1 Å². The van der Waals surface area contributed by atoms with E-state index in [2.05, 4.69) is 11.4 Å². The minimum Gasteiger partial charge on any atom is -0.496 e. The van der Waals surface area contributed by atoms with Crippen molar-refractivity contribution in [1.82, 2.24) is 4.90 Å². The Labute approximate surface area is 177 Å². The van der Waals surface area contributed by atoms with Gasteiger partial charge in [-0.2, -0.15) is 0 Å². The summed E-state index contributed by atoms with van der Waals surface area (Å²) in [4.78, 5) is 27.8. The number of amides is 2. The minimum atomic E-state index is -0.337. The van der Waals surface area contributed by atoms with Crippen LogP contribution in [-0.4, -0.2) is 43.6 Å². The van der Waals surface area contributed by atoms with Gasteiger partial charge in [0.1, 0.15) is 11.4 Å². The number of methoxy groups -OCH3 is 1. The first kappa shape index (κ1) is 21.6. The molecule has 0 atom stereocenters. The van der Waals surface area contributed by atoms with E-state index < -0.39 is 0 Å². The summed E-state index contributed by atoms with van der Waals surface area (Å²) in [5, 5.41) is 3.21. The number of carbonyl (C=O) groups excluding carboxylic acids is 2. The number of hydrogen-bond donors (Lipinski definition) is 1. The van der Waals surface area contributed by atoms with Crippen molar-refractivity contribution in [2.45, 2.75) is 27.2 Å². The molecule has 158 valence electrons. The molecule has 0 aliphatic carbocycles. The van der Waals surface area contributed by atoms with Gasteiger partial charge in [-0.25, -0.2) is 0 Å². The van der Waals surface area contributed by atoms with Crippen molar-refractivity contribution in [2.24, 2.45) is 0 Å². The van der Waals surface area contributed by atoms with Gasteiger partial charge in [-0.05, 0) is 56.5 Å². The number of anilines is 1. The number of carbonyl (C=O) groups is 2. The summed E-state index contributed by atoms with van der Waals surface area (Å²) < 4.78 is 10.8. The van der Waals surface area contributed by atoms with Crippen LogP contribution in [0.1, 0.15) is 30.0 Å². The largest absolute Gasteiger partial charge is 0.496 e. The van der Waals surface area contributed by atoms with Gasteiger partial charge in [-0.15, -0.1) is 0 Å². The van der Waals surface area contributed by atoms with E-state index in [-0.39, 0.29) is 17.5 Å². The number of nitrogens with one attached hydrogen (secondary N) is 1. The molecule has 0 fully saturated rings. The van der Waals surface area contributed by atoms with Crippen LogP contribution in [-0.2, 0) is 14.3 Å². The molecule has 0 bridgehead atoms. The lowest BCUT2D eigenvalue weighted by molar-refractivity contribution is -0.137. The van der Waals surface area contributed by atoms with Crippen molar-refractivity contribution in [3.63, 3.8) is 0 Å². The van der Waals surface area contributed by atoms with Crippen LogP contribution in [0.5, 0.6) is 5.75 Å². The highest BCUT2D eigenvalue weighted by atomic mass is 16.5. The average molecular weight is 408 g/mol. The van der Waals surface area contributed by atoms with Gasteiger partial charge in [-0.1, -0.05) is 24.3 Å². The fourth-order valence-electron chi connectivity index (χ4n) is 3.66. The Morgan fingerprint density at radius 3 is 2.37 bits per heavy atom. The van der Waals surface area contributed by atoms with E-state index in [1.54, 1.807) is 19.2 Å². The average Bonchev–Trinajstić information content (AvgIpc) is 2.94. The van der Waals surface area contributed by atoms with Crippen molar-refractivity contribution in [1.29, 1.82) is 0 Å². The number of para-hydroxylation sites is 1. The third-order valence-electron chi connectivity index (χ3n) is 4.91. The number of rotatable bonds is 9. The fraction of sp³-hybridized carbons (Fsp3) is 0.333. The van der Waals surface area contributed by atoms with Gasteiger partial charge >= 0.3 is 0 Å². The molecule has 1 N–H and O–H groups in total. The number of aryl methyl sites for hydroxylation is 2. The number of nitrogens with zero attached hydrogens (tertiary/aromatic N) is 1. The SMILES string of the molecule is CCOCCCN1C(=O)C(Nc2cc(C)cc(C)c2)=C(c2ccccc2OC)C1=O. The van der Waals surface area contributed by atoms with Crippen LogP contribution < -0.4 is 10.1 Å². The summed E-state index contributed by atoms with van der Waals surface area (Å²) in [6.07, 6.45) is 0.585. The van der Waals surface area contributed by atoms with Gasteiger partial charge in [0, 0.05) is 31.0 Å². The second kappa shape index (κ2) is 9.59. The number of ether oxygens (including phenoxy) is 2. The van der Waals surface area contributed by atoms with E-state index in [0.29, 0.717) is 43.1 Å². The number of hydrogen-bond acceptors (Lipinski definition) is 5. The second-order valence-corrected chi connectivity index (χ2v) is 7.26. The van der Waals surface area contributed by atoms with Gasteiger partial charge in [0.05, 0.1) is 12.7 Å². The zero-order valence-corrected chi connectivity index (χ0v) is 18.0. The van der Waals surface area contributed by atoms with Crippen LogP contribution in [0.2, 0.25) is 0 Å². The molecule has 6 heteroatoms. The topological polar surface area (TPSA) is 67.9 Å². The molecule has 0 unspecified atom stereocenters. The summed E-state index contributed by atoms with van der Waals surface area (Å²) >= 11 is 0. The zero-order valence-electron chi connectivity index (χ0n) is 18.0. The molecule has 2 amide bonds. The lowest BCUT2D eigenvalue weighted by atomic mass is 10.0. The van der Waals surface area contributed by atoms with E-state index >= 15 is 0 Å². The number of benzene rings is 2. The Kier molecular flexibility index (Phi) is 6.90. The monoisotopic (exact) mass is 408 g/mol. The van der Waals surface area contributed by atoms with Crippen LogP contribution in [0.3, 0.4) is 0 Å². The van der Waals surface area contributed by atoms with Gasteiger partial charge in [-0.3, -0.25) is 14.5 Å². The van der Waals surface area contributed by atoms with E-state index in [0.717, 1.165) is 16.8 Å². The quantitative estimate of drug-likeness (QED) is 0.503. The summed E-state index contributed by atoms with van der Waals surface area (Å²) in [5.74, 6) is -0.117. The van der Waals surface area contributed by atoms with Crippen molar-refractivity contribution in [2.75, 3.05) is 32.2 Å². The van der Waals surface area contributed by atoms with Crippen molar-refractivity contribution in [3.05, 3.63) is 64.9 Å². The molecule has 1 heterocycles. The third-order valence-corrected chi connectivity index (χ3v) is 4.91. The maximum Gasteiger partial charge on any atom is 0.278 e. The Bertz CT molecular complexity index is 961. The molecule has 0 aromatic heterocycles. The van der Waals surface area contributed by atoms with Gasteiger partial charge in [0.25, 0.3) is 11.8 Å². The molecule has 6 nitrogen and oxygen atoms in total. The van der Waals surface area contributed by atoms with Gasteiger partial charge in [0.2, 0.25) is 0 Å². The highest BCUT2D eigenvalue weighted by Crippen LogP contribution is 2.35. The van der Waals surface area contributed by atoms with E-state index in [9.17, 15) is 9.59 Å². The molecule has 1 aliphatic rings. The van der Waals surface area contributed by atoms with Crippen LogP contribution >= 0.6 is 0 Å². The lowest BCUT2D eigenvalue weighted by Crippen LogP contribution is -2.34. The predicted molar refractivity (Wildman–Crippen MR) is 117 cm³/mol. The fourth-order valence-corrected chi connectivity index (χ4v) is 3.66. The van der Waals surface area contributed by atoms with Crippen LogP contribution in [0, 0.1) is 13.8 Å². The maximum absolute atomic E-state index is 13.3. The molecule has 0 radical (unpaired) electrons. The molecular formula is C24H28N2O4. The zero-order chi connectivity index (χ0) is 21.7. The van der Waals surface area contributed by atoms with E-state index in [4.69, 9.17) is 9.47 Å².